The lowest BCUT2D eigenvalue weighted by molar-refractivity contribution is 0.262. The lowest BCUT2D eigenvalue weighted by Gasteiger charge is -2.09. The summed E-state index contributed by atoms with van der Waals surface area (Å²) in [6.45, 7) is 6.64. The number of halogens is 2. The number of thiazole rings is 1. The number of hydrogen-bond donors (Lipinski definition) is 2. The van der Waals surface area contributed by atoms with E-state index in [-0.39, 0.29) is 0 Å². The van der Waals surface area contributed by atoms with Crippen molar-refractivity contribution in [3.05, 3.63) is 46.5 Å². The van der Waals surface area contributed by atoms with Gasteiger partial charge in [-0.1, -0.05) is 60.2 Å². The van der Waals surface area contributed by atoms with Crippen molar-refractivity contribution < 1.29 is 9.21 Å². The van der Waals surface area contributed by atoms with Crippen LogP contribution < -0.4 is 16.0 Å². The van der Waals surface area contributed by atoms with E-state index in [1.165, 1.54) is 11.3 Å². The number of urea groups is 1. The number of thioether (sulfide) groups is 1. The van der Waals surface area contributed by atoms with Gasteiger partial charge < -0.3 is 9.73 Å². The first-order valence-corrected chi connectivity index (χ1v) is 14.3. The predicted octanol–water partition coefficient (Wildman–Crippen LogP) is 5.92. The Kier molecular flexibility index (Phi) is 6.72. The van der Waals surface area contributed by atoms with Gasteiger partial charge in [0.25, 0.3) is 0 Å². The minimum atomic E-state index is -1.50. The Morgan fingerprint density at radius 2 is 1.89 bits per heavy atom. The summed E-state index contributed by atoms with van der Waals surface area (Å²) in [6, 6.07) is 4.54. The molecule has 148 valence electrons. The lowest BCUT2D eigenvalue weighted by atomic mass is 10.3. The Hall–Kier alpha value is -1.52. The molecule has 1 aromatic carbocycles. The summed E-state index contributed by atoms with van der Waals surface area (Å²) in [7, 11) is -1.50. The van der Waals surface area contributed by atoms with E-state index in [0.717, 1.165) is 9.59 Å². The number of hydrogen-bond acceptors (Lipinski definition) is 6. The van der Waals surface area contributed by atoms with Crippen molar-refractivity contribution >= 4 is 76.6 Å². The monoisotopic (exact) mass is 472 g/mol. The number of anilines is 2. The topological polar surface area (TPSA) is 80.0 Å². The van der Waals surface area contributed by atoms with Crippen molar-refractivity contribution in [3.8, 4) is 0 Å². The van der Waals surface area contributed by atoms with E-state index in [2.05, 4.69) is 40.2 Å². The maximum absolute atomic E-state index is 12.2. The molecule has 0 saturated heterocycles. The molecule has 0 fully saturated rings. The molecule has 0 aliphatic rings. The smallest absolute Gasteiger partial charge is 0.325 e. The molecule has 11 heteroatoms. The van der Waals surface area contributed by atoms with Gasteiger partial charge in [0, 0.05) is 0 Å². The van der Waals surface area contributed by atoms with Gasteiger partial charge in [-0.25, -0.2) is 14.8 Å². The minimum absolute atomic E-state index is 0.358. The van der Waals surface area contributed by atoms with Crippen molar-refractivity contribution in [3.63, 3.8) is 0 Å². The summed E-state index contributed by atoms with van der Waals surface area (Å²) in [5, 5.41) is 7.50. The predicted molar refractivity (Wildman–Crippen MR) is 120 cm³/mol. The van der Waals surface area contributed by atoms with Crippen LogP contribution in [0.5, 0.6) is 0 Å². The molecule has 3 aromatic rings. The van der Waals surface area contributed by atoms with Gasteiger partial charge in [0.2, 0.25) is 5.89 Å². The first-order chi connectivity index (χ1) is 13.2. The lowest BCUT2D eigenvalue weighted by Crippen LogP contribution is -2.36. The van der Waals surface area contributed by atoms with E-state index in [4.69, 9.17) is 27.6 Å². The number of benzene rings is 1. The van der Waals surface area contributed by atoms with Crippen LogP contribution in [0.2, 0.25) is 29.7 Å². The molecule has 0 spiro atoms. The Bertz CT molecular complexity index is 967. The van der Waals surface area contributed by atoms with Crippen molar-refractivity contribution in [2.24, 2.45) is 0 Å². The molecule has 2 heterocycles. The van der Waals surface area contributed by atoms with Gasteiger partial charge in [0.05, 0.1) is 38.1 Å². The maximum atomic E-state index is 12.2. The Labute approximate surface area is 182 Å². The number of nitrogens with zero attached hydrogens (tertiary/aromatic N) is 2. The fourth-order valence-corrected chi connectivity index (χ4v) is 5.19. The molecule has 0 radical (unpaired) electrons. The maximum Gasteiger partial charge on any atom is 0.325 e. The van der Waals surface area contributed by atoms with Crippen molar-refractivity contribution in [1.82, 2.24) is 9.97 Å². The molecule has 0 unspecified atom stereocenters. The van der Waals surface area contributed by atoms with E-state index in [1.807, 2.05) is 6.20 Å². The molecule has 0 aliphatic carbocycles. The summed E-state index contributed by atoms with van der Waals surface area (Å²) in [6.07, 6.45) is 3.53. The van der Waals surface area contributed by atoms with Crippen LogP contribution in [-0.4, -0.2) is 24.1 Å². The molecule has 3 rings (SSSR count). The standard InChI is InChI=1S/C17H18Cl2N4O2S2Si/c1-28(2,3)13-7-20-12(25-13)9-26-14-8-21-17(27-14)23-16(24)22-15-10(18)5-4-6-11(15)19/h4-8H,9H2,1-3H3,(H2,21,22,23,24). The first kappa shape index (κ1) is 21.2. The fraction of sp³-hybridized carbons (Fsp3) is 0.235. The number of carbonyl (C=O) groups excluding carboxylic acids is 1. The average Bonchev–Trinajstić information content (AvgIpc) is 3.25. The van der Waals surface area contributed by atoms with Crippen molar-refractivity contribution in [2.45, 2.75) is 29.6 Å². The SMILES string of the molecule is C[Si](C)(C)c1cnc(CSc2cnc(NC(=O)Nc3c(Cl)cccc3Cl)s2)o1. The Morgan fingerprint density at radius 1 is 1.18 bits per heavy atom. The number of amides is 2. The van der Waals surface area contributed by atoms with Gasteiger partial charge in [-0.15, -0.1) is 11.8 Å². The second-order valence-electron chi connectivity index (χ2n) is 6.82. The van der Waals surface area contributed by atoms with E-state index in [1.54, 1.807) is 36.2 Å². The van der Waals surface area contributed by atoms with Gasteiger partial charge in [-0.05, 0) is 12.1 Å². The molecule has 0 aliphatic heterocycles. The quantitative estimate of drug-likeness (QED) is 0.343. The largest absolute Gasteiger partial charge is 0.450 e. The molecular formula is C17H18Cl2N4O2S2Si. The molecule has 28 heavy (non-hydrogen) atoms. The van der Waals surface area contributed by atoms with Gasteiger partial charge in [-0.3, -0.25) is 5.32 Å². The van der Waals surface area contributed by atoms with Gasteiger partial charge in [0.15, 0.2) is 5.13 Å². The summed E-state index contributed by atoms with van der Waals surface area (Å²) < 4.78 is 6.78. The van der Waals surface area contributed by atoms with Crippen LogP contribution in [0, 0.1) is 0 Å². The van der Waals surface area contributed by atoms with Crippen LogP contribution in [0.25, 0.3) is 0 Å². The summed E-state index contributed by atoms with van der Waals surface area (Å²) in [4.78, 5) is 20.7. The molecule has 0 atom stereocenters. The van der Waals surface area contributed by atoms with E-state index in [0.29, 0.717) is 32.5 Å². The highest BCUT2D eigenvalue weighted by Gasteiger charge is 2.22. The summed E-state index contributed by atoms with van der Waals surface area (Å²) in [5.41, 5.74) is 0.358. The second-order valence-corrected chi connectivity index (χ2v) is 14.9. The molecule has 0 saturated carbocycles. The normalized spacial score (nSPS) is 11.5. The molecule has 6 nitrogen and oxygen atoms in total. The fourth-order valence-electron chi connectivity index (χ4n) is 2.10. The highest BCUT2D eigenvalue weighted by molar-refractivity contribution is 8.00. The zero-order valence-corrected chi connectivity index (χ0v) is 19.5. The third kappa shape index (κ3) is 5.51. The van der Waals surface area contributed by atoms with Gasteiger partial charge in [-0.2, -0.15) is 0 Å². The highest BCUT2D eigenvalue weighted by Crippen LogP contribution is 2.32. The van der Waals surface area contributed by atoms with Crippen LogP contribution in [0.1, 0.15) is 5.89 Å². The van der Waals surface area contributed by atoms with Gasteiger partial charge in [0.1, 0.15) is 13.5 Å². The number of aromatic nitrogens is 2. The Balaban J connectivity index is 1.55. The third-order valence-corrected chi connectivity index (χ3v) is 7.97. The minimum Gasteiger partial charge on any atom is -0.450 e. The number of oxazole rings is 1. The van der Waals surface area contributed by atoms with E-state index < -0.39 is 14.1 Å². The van der Waals surface area contributed by atoms with Crippen LogP contribution in [0.15, 0.2) is 39.2 Å². The Morgan fingerprint density at radius 3 is 2.54 bits per heavy atom. The molecule has 0 bridgehead atoms. The van der Waals surface area contributed by atoms with E-state index in [9.17, 15) is 4.79 Å². The molecule has 2 amide bonds. The molecule has 2 aromatic heterocycles. The number of nitrogens with one attached hydrogen (secondary N) is 2. The van der Waals surface area contributed by atoms with E-state index >= 15 is 0 Å². The molecule has 2 N–H and O–H groups in total. The van der Waals surface area contributed by atoms with Crippen LogP contribution >= 0.6 is 46.3 Å². The van der Waals surface area contributed by atoms with Crippen molar-refractivity contribution in [1.29, 1.82) is 0 Å². The zero-order valence-electron chi connectivity index (χ0n) is 15.4. The van der Waals surface area contributed by atoms with Crippen LogP contribution in [0.3, 0.4) is 0 Å². The van der Waals surface area contributed by atoms with Gasteiger partial charge >= 0.3 is 6.03 Å². The highest BCUT2D eigenvalue weighted by atomic mass is 35.5. The summed E-state index contributed by atoms with van der Waals surface area (Å²) >= 11 is 15.0. The number of rotatable bonds is 6. The number of carbonyl (C=O) groups is 1. The molecular weight excluding hydrogens is 455 g/mol. The van der Waals surface area contributed by atoms with Crippen LogP contribution in [-0.2, 0) is 5.75 Å². The average molecular weight is 473 g/mol. The number of para-hydroxylation sites is 1. The van der Waals surface area contributed by atoms with Crippen LogP contribution in [0.4, 0.5) is 15.6 Å². The third-order valence-electron chi connectivity index (χ3n) is 3.54. The first-order valence-electron chi connectivity index (χ1n) is 8.28. The zero-order chi connectivity index (χ0) is 20.3. The summed E-state index contributed by atoms with van der Waals surface area (Å²) in [5.74, 6) is 1.30. The second kappa shape index (κ2) is 8.87. The van der Waals surface area contributed by atoms with Crippen molar-refractivity contribution in [2.75, 3.05) is 10.6 Å².